The summed E-state index contributed by atoms with van der Waals surface area (Å²) in [5.74, 6) is 1.57. The SMILES string of the molecule is Cn1nc(-c2cc(SCC3CC3)c(Cl)cc2Cl)c(=O)cc1C(F)(F)F. The van der Waals surface area contributed by atoms with Crippen molar-refractivity contribution < 1.29 is 13.2 Å². The molecule has 0 atom stereocenters. The lowest BCUT2D eigenvalue weighted by molar-refractivity contribution is -0.144. The molecule has 0 saturated heterocycles. The molecule has 1 heterocycles. The van der Waals surface area contributed by atoms with E-state index in [4.69, 9.17) is 23.2 Å². The Morgan fingerprint density at radius 3 is 2.52 bits per heavy atom. The van der Waals surface area contributed by atoms with Gasteiger partial charge < -0.3 is 0 Å². The molecule has 0 N–H and O–H groups in total. The first-order valence-corrected chi connectivity index (χ1v) is 9.18. The first kappa shape index (κ1) is 18.6. The van der Waals surface area contributed by atoms with Crippen molar-refractivity contribution in [2.45, 2.75) is 23.9 Å². The van der Waals surface area contributed by atoms with Gasteiger partial charge in [0.05, 0.1) is 10.0 Å². The number of rotatable bonds is 4. The third kappa shape index (κ3) is 4.15. The molecule has 3 rings (SSSR count). The summed E-state index contributed by atoms with van der Waals surface area (Å²) >= 11 is 13.9. The number of hydrogen-bond donors (Lipinski definition) is 0. The number of benzene rings is 1. The number of halogens is 5. The first-order chi connectivity index (χ1) is 11.7. The molecule has 25 heavy (non-hydrogen) atoms. The van der Waals surface area contributed by atoms with Crippen molar-refractivity contribution in [3.8, 4) is 11.3 Å². The van der Waals surface area contributed by atoms with Crippen LogP contribution in [0.2, 0.25) is 10.0 Å². The summed E-state index contributed by atoms with van der Waals surface area (Å²) in [7, 11) is 1.14. The molecule has 1 aliphatic rings. The van der Waals surface area contributed by atoms with E-state index in [1.54, 1.807) is 17.8 Å². The maximum Gasteiger partial charge on any atom is 0.433 e. The van der Waals surface area contributed by atoms with E-state index in [1.807, 2.05) is 0 Å². The molecule has 2 aromatic rings. The van der Waals surface area contributed by atoms with Crippen LogP contribution in [-0.2, 0) is 13.2 Å². The van der Waals surface area contributed by atoms with Gasteiger partial charge in [-0.2, -0.15) is 18.3 Å². The molecule has 0 aliphatic heterocycles. The predicted octanol–water partition coefficient (Wildman–Crippen LogP) is 5.28. The second-order valence-electron chi connectivity index (χ2n) is 5.88. The fourth-order valence-corrected chi connectivity index (χ4v) is 4.09. The van der Waals surface area contributed by atoms with E-state index in [0.29, 0.717) is 21.7 Å². The maximum atomic E-state index is 12.9. The number of hydrogen-bond acceptors (Lipinski definition) is 3. The number of thioether (sulfide) groups is 1. The summed E-state index contributed by atoms with van der Waals surface area (Å²) in [6, 6.07) is 3.64. The molecular formula is C16H13Cl2F3N2OS. The van der Waals surface area contributed by atoms with Crippen molar-refractivity contribution in [2.24, 2.45) is 13.0 Å². The maximum absolute atomic E-state index is 12.9. The van der Waals surface area contributed by atoms with E-state index in [0.717, 1.165) is 17.7 Å². The van der Waals surface area contributed by atoms with E-state index in [2.05, 4.69) is 5.10 Å². The van der Waals surface area contributed by atoms with Crippen molar-refractivity contribution in [1.82, 2.24) is 9.78 Å². The summed E-state index contributed by atoms with van der Waals surface area (Å²) < 4.78 is 39.3. The van der Waals surface area contributed by atoms with E-state index in [9.17, 15) is 18.0 Å². The smallest absolute Gasteiger partial charge is 0.287 e. The molecule has 1 saturated carbocycles. The molecule has 1 fully saturated rings. The first-order valence-electron chi connectivity index (χ1n) is 7.44. The van der Waals surface area contributed by atoms with Gasteiger partial charge in [0.25, 0.3) is 0 Å². The zero-order valence-corrected chi connectivity index (χ0v) is 15.4. The van der Waals surface area contributed by atoms with Gasteiger partial charge in [-0.25, -0.2) is 0 Å². The highest BCUT2D eigenvalue weighted by atomic mass is 35.5. The molecule has 3 nitrogen and oxygen atoms in total. The van der Waals surface area contributed by atoms with Gasteiger partial charge in [0.1, 0.15) is 11.4 Å². The standard InChI is InChI=1S/C16H13Cl2F3N2OS/c1-23-14(16(19,20)21)6-12(24)15(22-23)9-4-13(11(18)5-10(9)17)25-7-8-2-3-8/h4-6,8H,2-3,7H2,1H3. The highest BCUT2D eigenvalue weighted by Gasteiger charge is 2.34. The van der Waals surface area contributed by atoms with Gasteiger partial charge in [-0.15, -0.1) is 11.8 Å². The molecule has 134 valence electrons. The number of aryl methyl sites for hydroxylation is 1. The number of alkyl halides is 3. The van der Waals surface area contributed by atoms with E-state index < -0.39 is 17.3 Å². The van der Waals surface area contributed by atoms with E-state index in [1.165, 1.54) is 18.9 Å². The van der Waals surface area contributed by atoms with Gasteiger partial charge in [-0.3, -0.25) is 9.48 Å². The zero-order chi connectivity index (χ0) is 18.4. The van der Waals surface area contributed by atoms with Crippen LogP contribution in [0.3, 0.4) is 0 Å². The van der Waals surface area contributed by atoms with Crippen molar-refractivity contribution in [3.05, 3.63) is 44.2 Å². The topological polar surface area (TPSA) is 34.9 Å². The summed E-state index contributed by atoms with van der Waals surface area (Å²) in [6.07, 6.45) is -2.29. The molecule has 1 aromatic carbocycles. The Hall–Kier alpha value is -1.18. The molecule has 0 bridgehead atoms. The zero-order valence-electron chi connectivity index (χ0n) is 13.0. The lowest BCUT2D eigenvalue weighted by Crippen LogP contribution is -2.22. The molecule has 0 amide bonds. The highest BCUT2D eigenvalue weighted by molar-refractivity contribution is 7.99. The average molecular weight is 409 g/mol. The second kappa shape index (κ2) is 6.85. The third-order valence-corrected chi connectivity index (χ3v) is 5.86. The fourth-order valence-electron chi connectivity index (χ4n) is 2.30. The molecule has 1 aromatic heterocycles. The van der Waals surface area contributed by atoms with Crippen LogP contribution in [0.4, 0.5) is 13.2 Å². The monoisotopic (exact) mass is 408 g/mol. The largest absolute Gasteiger partial charge is 0.433 e. The normalized spacial score (nSPS) is 14.8. The molecule has 1 aliphatic carbocycles. The van der Waals surface area contributed by atoms with Crippen molar-refractivity contribution >= 4 is 35.0 Å². The van der Waals surface area contributed by atoms with Crippen LogP contribution in [-0.4, -0.2) is 15.5 Å². The Morgan fingerprint density at radius 2 is 1.92 bits per heavy atom. The molecule has 9 heteroatoms. The van der Waals surface area contributed by atoms with Gasteiger partial charge in [-0.05, 0) is 30.9 Å². The van der Waals surface area contributed by atoms with Crippen LogP contribution >= 0.6 is 35.0 Å². The van der Waals surface area contributed by atoms with Crippen molar-refractivity contribution in [1.29, 1.82) is 0 Å². The molecule has 0 unspecified atom stereocenters. The summed E-state index contributed by atoms with van der Waals surface area (Å²) in [5.41, 5.74) is -1.81. The Morgan fingerprint density at radius 1 is 1.24 bits per heavy atom. The summed E-state index contributed by atoms with van der Waals surface area (Å²) in [4.78, 5) is 12.9. The average Bonchev–Trinajstić information content (AvgIpc) is 3.32. The third-order valence-electron chi connectivity index (χ3n) is 3.84. The van der Waals surface area contributed by atoms with Gasteiger partial charge in [-0.1, -0.05) is 23.2 Å². The van der Waals surface area contributed by atoms with Crippen LogP contribution in [0.1, 0.15) is 18.5 Å². The summed E-state index contributed by atoms with van der Waals surface area (Å²) in [5, 5.41) is 4.41. The van der Waals surface area contributed by atoms with Crippen LogP contribution in [0.15, 0.2) is 27.9 Å². The van der Waals surface area contributed by atoms with Gasteiger partial charge in [0.2, 0.25) is 5.43 Å². The Bertz CT molecular complexity index is 879. The van der Waals surface area contributed by atoms with Gasteiger partial charge in [0.15, 0.2) is 0 Å². The Labute approximate surface area is 156 Å². The van der Waals surface area contributed by atoms with Crippen LogP contribution in [0.5, 0.6) is 0 Å². The second-order valence-corrected chi connectivity index (χ2v) is 7.76. The predicted molar refractivity (Wildman–Crippen MR) is 93.4 cm³/mol. The lowest BCUT2D eigenvalue weighted by Gasteiger charge is -2.13. The van der Waals surface area contributed by atoms with Gasteiger partial charge >= 0.3 is 6.18 Å². The fraction of sp³-hybridized carbons (Fsp3) is 0.375. The van der Waals surface area contributed by atoms with Crippen LogP contribution in [0.25, 0.3) is 11.3 Å². The quantitative estimate of drug-likeness (QED) is 0.645. The summed E-state index contributed by atoms with van der Waals surface area (Å²) in [6.45, 7) is 0. The minimum atomic E-state index is -4.66. The van der Waals surface area contributed by atoms with E-state index in [-0.39, 0.29) is 16.3 Å². The van der Waals surface area contributed by atoms with Crippen LogP contribution in [0, 0.1) is 5.92 Å². The van der Waals surface area contributed by atoms with Crippen molar-refractivity contribution in [3.63, 3.8) is 0 Å². The Kier molecular flexibility index (Phi) is 5.10. The van der Waals surface area contributed by atoms with Crippen molar-refractivity contribution in [2.75, 3.05) is 5.75 Å². The Balaban J connectivity index is 2.04. The molecule has 0 radical (unpaired) electrons. The number of aromatic nitrogens is 2. The minimum Gasteiger partial charge on any atom is -0.287 e. The number of nitrogens with zero attached hydrogens (tertiary/aromatic N) is 2. The lowest BCUT2D eigenvalue weighted by atomic mass is 10.1. The van der Waals surface area contributed by atoms with E-state index >= 15 is 0 Å². The van der Waals surface area contributed by atoms with Crippen LogP contribution < -0.4 is 5.43 Å². The van der Waals surface area contributed by atoms with Gasteiger partial charge in [0, 0.05) is 29.3 Å². The molecular weight excluding hydrogens is 396 g/mol. The highest BCUT2D eigenvalue weighted by Crippen LogP contribution is 2.40. The minimum absolute atomic E-state index is 0.134. The molecule has 0 spiro atoms.